The minimum Gasteiger partial charge on any atom is -0.490 e. The van der Waals surface area contributed by atoms with Gasteiger partial charge in [-0.05, 0) is 62.1 Å². The lowest BCUT2D eigenvalue weighted by Gasteiger charge is -2.26. The minimum absolute atomic E-state index is 0.00372. The van der Waals surface area contributed by atoms with E-state index in [-0.39, 0.29) is 36.9 Å². The Kier molecular flexibility index (Phi) is 7.37. The van der Waals surface area contributed by atoms with Gasteiger partial charge >= 0.3 is 5.97 Å². The zero-order valence-corrected chi connectivity index (χ0v) is 18.7. The van der Waals surface area contributed by atoms with Crippen LogP contribution in [0.5, 0.6) is 5.75 Å². The van der Waals surface area contributed by atoms with E-state index in [0.29, 0.717) is 42.7 Å². The zero-order valence-electron chi connectivity index (χ0n) is 18.7. The molecule has 176 valence electrons. The summed E-state index contributed by atoms with van der Waals surface area (Å²) >= 11 is 0. The van der Waals surface area contributed by atoms with Crippen molar-refractivity contribution < 1.29 is 24.2 Å². The Hall–Kier alpha value is -3.94. The number of amides is 2. The predicted molar refractivity (Wildman–Crippen MR) is 127 cm³/mol. The molecule has 0 spiro atoms. The number of fused-ring (bicyclic) bond motifs is 1. The topological polar surface area (TPSA) is 118 Å². The first-order valence-electron chi connectivity index (χ1n) is 11.4. The smallest absolute Gasteiger partial charge is 0.306 e. The molecule has 1 aromatic heterocycles. The quantitative estimate of drug-likeness (QED) is 0.443. The molecule has 3 aromatic rings. The number of hydrogen-bond acceptors (Lipinski definition) is 5. The number of aromatic nitrogens is 1. The van der Waals surface area contributed by atoms with Gasteiger partial charge in [-0.15, -0.1) is 0 Å². The number of carboxylic acid groups (broad SMARTS) is 1. The first-order valence-corrected chi connectivity index (χ1v) is 11.4. The van der Waals surface area contributed by atoms with Crippen molar-refractivity contribution in [2.24, 2.45) is 5.92 Å². The maximum Gasteiger partial charge on any atom is 0.306 e. The number of nitrogens with zero attached hydrogens (tertiary/aromatic N) is 1. The molecular weight excluding hydrogens is 434 g/mol. The number of nitrogens with one attached hydrogen (secondary N) is 2. The molecular formula is C26H27N3O5. The van der Waals surface area contributed by atoms with Crippen molar-refractivity contribution >= 4 is 28.7 Å². The maximum absolute atomic E-state index is 12.4. The van der Waals surface area contributed by atoms with Gasteiger partial charge in [0, 0.05) is 24.0 Å². The molecule has 2 aromatic carbocycles. The van der Waals surface area contributed by atoms with Crippen molar-refractivity contribution in [3.05, 3.63) is 71.9 Å². The highest BCUT2D eigenvalue weighted by molar-refractivity contribution is 5.95. The van der Waals surface area contributed by atoms with Crippen LogP contribution >= 0.6 is 0 Å². The number of carbonyl (C=O) groups excluding carboxylic acids is 2. The van der Waals surface area contributed by atoms with Crippen molar-refractivity contribution in [3.63, 3.8) is 0 Å². The summed E-state index contributed by atoms with van der Waals surface area (Å²) in [5, 5.41) is 15.6. The lowest BCUT2D eigenvalue weighted by Crippen LogP contribution is -2.35. The van der Waals surface area contributed by atoms with Crippen LogP contribution in [0.3, 0.4) is 0 Å². The molecule has 1 saturated carbocycles. The average Bonchev–Trinajstić information content (AvgIpc) is 2.87. The van der Waals surface area contributed by atoms with Gasteiger partial charge in [-0.2, -0.15) is 0 Å². The van der Waals surface area contributed by atoms with Gasteiger partial charge in [-0.1, -0.05) is 24.3 Å². The summed E-state index contributed by atoms with van der Waals surface area (Å²) in [5.41, 5.74) is 1.57. The molecule has 1 aliphatic carbocycles. The summed E-state index contributed by atoms with van der Waals surface area (Å²) in [6.07, 6.45) is 2.65. The van der Waals surface area contributed by atoms with Crippen molar-refractivity contribution in [1.29, 1.82) is 0 Å². The number of benzene rings is 2. The number of para-hydroxylation sites is 1. The third kappa shape index (κ3) is 5.89. The number of carboxylic acids is 1. The number of rotatable bonds is 8. The molecule has 0 unspecified atom stereocenters. The zero-order chi connectivity index (χ0) is 23.9. The molecule has 0 bridgehead atoms. The lowest BCUT2D eigenvalue weighted by atomic mass is 9.87. The monoisotopic (exact) mass is 461 g/mol. The van der Waals surface area contributed by atoms with E-state index in [1.54, 1.807) is 30.3 Å². The number of hydrogen-bond donors (Lipinski definition) is 3. The van der Waals surface area contributed by atoms with Crippen LogP contribution in [0.2, 0.25) is 0 Å². The molecule has 8 heteroatoms. The fourth-order valence-corrected chi connectivity index (χ4v) is 4.04. The van der Waals surface area contributed by atoms with Crippen molar-refractivity contribution in [3.8, 4) is 5.75 Å². The highest BCUT2D eigenvalue weighted by Gasteiger charge is 2.26. The van der Waals surface area contributed by atoms with E-state index in [1.807, 2.05) is 30.3 Å². The first kappa shape index (κ1) is 23.2. The SMILES string of the molecule is O=C(NCCNC(=O)c1ccc2ccccc2n1)c1ccc(O[C@H]2CC[C@@H](C(=O)O)CC2)cc1. The minimum atomic E-state index is -0.737. The third-order valence-corrected chi connectivity index (χ3v) is 5.97. The Morgan fingerprint density at radius 3 is 2.24 bits per heavy atom. The number of carbonyl (C=O) groups is 3. The van der Waals surface area contributed by atoms with Crippen molar-refractivity contribution in [2.75, 3.05) is 13.1 Å². The maximum atomic E-state index is 12.4. The Morgan fingerprint density at radius 1 is 0.853 bits per heavy atom. The summed E-state index contributed by atoms with van der Waals surface area (Å²) in [4.78, 5) is 40.1. The predicted octanol–water partition coefficient (Wildman–Crippen LogP) is 3.42. The van der Waals surface area contributed by atoms with Gasteiger partial charge in [0.05, 0.1) is 17.5 Å². The molecule has 34 heavy (non-hydrogen) atoms. The first-order chi connectivity index (χ1) is 16.5. The molecule has 1 aliphatic rings. The average molecular weight is 462 g/mol. The van der Waals surface area contributed by atoms with Crippen LogP contribution in [0.25, 0.3) is 10.9 Å². The highest BCUT2D eigenvalue weighted by atomic mass is 16.5. The Balaban J connectivity index is 1.19. The second-order valence-electron chi connectivity index (χ2n) is 8.36. The third-order valence-electron chi connectivity index (χ3n) is 5.97. The van der Waals surface area contributed by atoms with Gasteiger partial charge in [-0.3, -0.25) is 14.4 Å². The van der Waals surface area contributed by atoms with Crippen molar-refractivity contribution in [1.82, 2.24) is 15.6 Å². The van der Waals surface area contributed by atoms with Crippen LogP contribution in [0.4, 0.5) is 0 Å². The summed E-state index contributed by atoms with van der Waals surface area (Å²) in [6.45, 7) is 0.558. The summed E-state index contributed by atoms with van der Waals surface area (Å²) in [7, 11) is 0. The van der Waals surface area contributed by atoms with Gasteiger partial charge in [0.1, 0.15) is 11.4 Å². The number of aliphatic carboxylic acids is 1. The fraction of sp³-hybridized carbons (Fsp3) is 0.308. The molecule has 0 aliphatic heterocycles. The molecule has 8 nitrogen and oxygen atoms in total. The van der Waals surface area contributed by atoms with Crippen LogP contribution in [0.15, 0.2) is 60.7 Å². The molecule has 4 rings (SSSR count). The molecule has 0 radical (unpaired) electrons. The Morgan fingerprint density at radius 2 is 1.53 bits per heavy atom. The highest BCUT2D eigenvalue weighted by Crippen LogP contribution is 2.28. The summed E-state index contributed by atoms with van der Waals surface area (Å²) in [6, 6.07) is 18.0. The molecule has 1 heterocycles. The van der Waals surface area contributed by atoms with Crippen LogP contribution in [-0.2, 0) is 4.79 Å². The molecule has 1 fully saturated rings. The van der Waals surface area contributed by atoms with E-state index in [2.05, 4.69) is 15.6 Å². The van der Waals surface area contributed by atoms with E-state index >= 15 is 0 Å². The van der Waals surface area contributed by atoms with Gasteiger partial charge in [0.25, 0.3) is 11.8 Å². The van der Waals surface area contributed by atoms with Gasteiger partial charge in [0.2, 0.25) is 0 Å². The number of pyridine rings is 1. The molecule has 3 N–H and O–H groups in total. The van der Waals surface area contributed by atoms with Crippen molar-refractivity contribution in [2.45, 2.75) is 31.8 Å². The Bertz CT molecular complexity index is 1170. The van der Waals surface area contributed by atoms with E-state index in [9.17, 15) is 14.4 Å². The normalized spacial score (nSPS) is 17.6. The standard InChI is InChI=1S/C26H27N3O5/c30-24(18-5-10-20(11-6-18)34-21-12-7-19(8-13-21)26(32)33)27-15-16-28-25(31)23-14-9-17-3-1-2-4-22(17)29-23/h1-6,9-11,14,19,21H,7-8,12-13,15-16H2,(H,27,30)(H,28,31)(H,32,33)/t19-,21+. The number of ether oxygens (including phenoxy) is 1. The molecule has 0 saturated heterocycles. The van der Waals surface area contributed by atoms with E-state index < -0.39 is 5.97 Å². The Labute approximate surface area is 197 Å². The summed E-state index contributed by atoms with van der Waals surface area (Å²) < 4.78 is 5.93. The largest absolute Gasteiger partial charge is 0.490 e. The van der Waals surface area contributed by atoms with E-state index in [1.165, 1.54) is 0 Å². The summed E-state index contributed by atoms with van der Waals surface area (Å²) in [5.74, 6) is -0.894. The van der Waals surface area contributed by atoms with E-state index in [0.717, 1.165) is 10.9 Å². The van der Waals surface area contributed by atoms with Crippen LogP contribution in [0, 0.1) is 5.92 Å². The van der Waals surface area contributed by atoms with Crippen LogP contribution < -0.4 is 15.4 Å². The fourth-order valence-electron chi connectivity index (χ4n) is 4.04. The lowest BCUT2D eigenvalue weighted by molar-refractivity contribution is -0.143. The van der Waals surface area contributed by atoms with Crippen LogP contribution in [-0.4, -0.2) is 47.1 Å². The van der Waals surface area contributed by atoms with Gasteiger partial charge < -0.3 is 20.5 Å². The van der Waals surface area contributed by atoms with E-state index in [4.69, 9.17) is 9.84 Å². The molecule has 2 amide bonds. The second kappa shape index (κ2) is 10.8. The van der Waals surface area contributed by atoms with Gasteiger partial charge in [-0.25, -0.2) is 4.98 Å². The van der Waals surface area contributed by atoms with Gasteiger partial charge in [0.15, 0.2) is 0 Å². The second-order valence-corrected chi connectivity index (χ2v) is 8.36. The van der Waals surface area contributed by atoms with Crippen LogP contribution in [0.1, 0.15) is 46.5 Å². The molecule has 0 atom stereocenters.